The summed E-state index contributed by atoms with van der Waals surface area (Å²) in [6.45, 7) is 0.651. The molecule has 2 N–H and O–H groups in total. The van der Waals surface area contributed by atoms with Crippen LogP contribution in [0.3, 0.4) is 0 Å². The van der Waals surface area contributed by atoms with Gasteiger partial charge in [0.1, 0.15) is 0 Å². The third-order valence-electron chi connectivity index (χ3n) is 4.43. The average molecular weight is 450 g/mol. The molecule has 1 aromatic carbocycles. The zero-order valence-electron chi connectivity index (χ0n) is 16.2. The van der Waals surface area contributed by atoms with Gasteiger partial charge in [-0.15, -0.1) is 11.3 Å². The number of nitrogens with one attached hydrogen (secondary N) is 2. The van der Waals surface area contributed by atoms with Gasteiger partial charge < -0.3 is 10.2 Å². The maximum Gasteiger partial charge on any atom is 0.251 e. The number of hydrogen-bond donors (Lipinski definition) is 2. The highest BCUT2D eigenvalue weighted by Crippen LogP contribution is 2.20. The van der Waals surface area contributed by atoms with Crippen molar-refractivity contribution in [3.05, 3.63) is 74.6 Å². The number of thiophene rings is 2. The normalized spacial score (nSPS) is 12.8. The minimum atomic E-state index is -3.70. The fourth-order valence-corrected chi connectivity index (χ4v) is 5.32. The van der Waals surface area contributed by atoms with E-state index in [-0.39, 0.29) is 23.4 Å². The molecule has 0 radical (unpaired) electrons. The molecule has 0 saturated carbocycles. The number of benzene rings is 1. The van der Waals surface area contributed by atoms with Crippen molar-refractivity contribution < 1.29 is 13.2 Å². The Morgan fingerprint density at radius 2 is 1.97 bits per heavy atom. The summed E-state index contributed by atoms with van der Waals surface area (Å²) in [6.07, 6.45) is 0. The molecule has 3 rings (SSSR count). The Hall–Kier alpha value is -2.04. The van der Waals surface area contributed by atoms with Gasteiger partial charge in [-0.25, -0.2) is 13.1 Å². The summed E-state index contributed by atoms with van der Waals surface area (Å²) in [5, 5.41) is 8.87. The van der Waals surface area contributed by atoms with Crippen molar-refractivity contribution >= 4 is 38.6 Å². The molecule has 1 amide bonds. The van der Waals surface area contributed by atoms with E-state index < -0.39 is 10.0 Å². The lowest BCUT2D eigenvalue weighted by Gasteiger charge is -2.24. The maximum atomic E-state index is 12.6. The van der Waals surface area contributed by atoms with Crippen LogP contribution >= 0.6 is 22.7 Å². The van der Waals surface area contributed by atoms with E-state index in [0.29, 0.717) is 12.1 Å². The van der Waals surface area contributed by atoms with Gasteiger partial charge in [-0.05, 0) is 66.1 Å². The summed E-state index contributed by atoms with van der Waals surface area (Å²) in [5.41, 5.74) is 1.45. The Morgan fingerprint density at radius 3 is 2.62 bits per heavy atom. The molecule has 0 unspecified atom stereocenters. The van der Waals surface area contributed by atoms with E-state index in [4.69, 9.17) is 0 Å². The van der Waals surface area contributed by atoms with Gasteiger partial charge in [0.05, 0.1) is 10.9 Å². The van der Waals surface area contributed by atoms with E-state index >= 15 is 0 Å². The van der Waals surface area contributed by atoms with E-state index in [1.54, 1.807) is 23.5 Å². The molecule has 29 heavy (non-hydrogen) atoms. The number of likely N-dealkylation sites (N-methyl/N-ethyl adjacent to an activating group) is 1. The molecule has 0 aliphatic carbocycles. The van der Waals surface area contributed by atoms with Gasteiger partial charge in [0, 0.05) is 23.5 Å². The van der Waals surface area contributed by atoms with Crippen LogP contribution in [0.5, 0.6) is 0 Å². The molecule has 2 heterocycles. The highest BCUT2D eigenvalue weighted by atomic mass is 32.2. The van der Waals surface area contributed by atoms with Gasteiger partial charge >= 0.3 is 0 Å². The second-order valence-corrected chi connectivity index (χ2v) is 10.3. The van der Waals surface area contributed by atoms with E-state index in [0.717, 1.165) is 10.4 Å². The van der Waals surface area contributed by atoms with E-state index in [2.05, 4.69) is 15.4 Å². The van der Waals surface area contributed by atoms with Crippen molar-refractivity contribution in [3.8, 4) is 0 Å². The molecule has 0 bridgehead atoms. The monoisotopic (exact) mass is 449 g/mol. The van der Waals surface area contributed by atoms with Crippen molar-refractivity contribution in [1.29, 1.82) is 0 Å². The lowest BCUT2D eigenvalue weighted by atomic mass is 10.1. The molecular weight excluding hydrogens is 426 g/mol. The zero-order valence-corrected chi connectivity index (χ0v) is 18.6. The number of nitrogens with zero attached hydrogens (tertiary/aromatic N) is 1. The fraction of sp³-hybridized carbons (Fsp3) is 0.250. The topological polar surface area (TPSA) is 78.5 Å². The first-order valence-electron chi connectivity index (χ1n) is 8.95. The quantitative estimate of drug-likeness (QED) is 0.525. The first kappa shape index (κ1) is 21.7. The molecule has 6 nitrogen and oxygen atoms in total. The Bertz CT molecular complexity index is 1030. The van der Waals surface area contributed by atoms with Gasteiger partial charge in [0.25, 0.3) is 5.91 Å². The standard InChI is InChI=1S/C20H23N3O3S3/c1-23(2)19(16-8-10-27-14-16)13-21-20(24)15-5-3-7-18(11-15)29(25,26)22-12-17-6-4-9-28-17/h3-11,14,19,22H,12-13H2,1-2H3,(H,21,24)/t19-/m0/s1. The number of amides is 1. The molecule has 2 aromatic heterocycles. The predicted molar refractivity (Wildman–Crippen MR) is 118 cm³/mol. The summed E-state index contributed by atoms with van der Waals surface area (Å²) in [6, 6.07) is 11.9. The van der Waals surface area contributed by atoms with Crippen molar-refractivity contribution in [2.24, 2.45) is 0 Å². The highest BCUT2D eigenvalue weighted by molar-refractivity contribution is 7.89. The number of hydrogen-bond acceptors (Lipinski definition) is 6. The Labute approximate surface area is 179 Å². The molecular formula is C20H23N3O3S3. The van der Waals surface area contributed by atoms with Crippen LogP contribution in [0.25, 0.3) is 0 Å². The van der Waals surface area contributed by atoms with Gasteiger partial charge in [0.15, 0.2) is 0 Å². The highest BCUT2D eigenvalue weighted by Gasteiger charge is 2.19. The third-order valence-corrected chi connectivity index (χ3v) is 7.41. The average Bonchev–Trinajstić information content (AvgIpc) is 3.40. The summed E-state index contributed by atoms with van der Waals surface area (Å²) < 4.78 is 27.7. The van der Waals surface area contributed by atoms with Crippen LogP contribution in [0.15, 0.2) is 63.5 Å². The maximum absolute atomic E-state index is 12.6. The van der Waals surface area contributed by atoms with Crippen LogP contribution in [-0.4, -0.2) is 39.9 Å². The summed E-state index contributed by atoms with van der Waals surface area (Å²) in [7, 11) is 0.216. The minimum absolute atomic E-state index is 0.0459. The Morgan fingerprint density at radius 1 is 1.14 bits per heavy atom. The Balaban J connectivity index is 1.67. The second kappa shape index (κ2) is 9.64. The van der Waals surface area contributed by atoms with Crippen molar-refractivity contribution in [2.45, 2.75) is 17.5 Å². The fourth-order valence-electron chi connectivity index (χ4n) is 2.82. The molecule has 9 heteroatoms. The molecule has 3 aromatic rings. The van der Waals surface area contributed by atoms with Crippen molar-refractivity contribution in [3.63, 3.8) is 0 Å². The largest absolute Gasteiger partial charge is 0.350 e. The van der Waals surface area contributed by atoms with Gasteiger partial charge in [0.2, 0.25) is 10.0 Å². The summed E-state index contributed by atoms with van der Waals surface area (Å²) in [5.74, 6) is -0.303. The number of rotatable bonds is 9. The molecule has 0 fully saturated rings. The molecule has 0 aliphatic heterocycles. The smallest absolute Gasteiger partial charge is 0.251 e. The van der Waals surface area contributed by atoms with Gasteiger partial charge in [-0.1, -0.05) is 12.1 Å². The van der Waals surface area contributed by atoms with Crippen LogP contribution in [0.1, 0.15) is 26.8 Å². The first-order valence-corrected chi connectivity index (χ1v) is 12.3. The van der Waals surface area contributed by atoms with Crippen LogP contribution in [0, 0.1) is 0 Å². The lowest BCUT2D eigenvalue weighted by Crippen LogP contribution is -2.34. The van der Waals surface area contributed by atoms with Crippen molar-refractivity contribution in [1.82, 2.24) is 14.9 Å². The van der Waals surface area contributed by atoms with Crippen LogP contribution in [0.2, 0.25) is 0 Å². The van der Waals surface area contributed by atoms with Crippen molar-refractivity contribution in [2.75, 3.05) is 20.6 Å². The van der Waals surface area contributed by atoms with Crippen LogP contribution in [-0.2, 0) is 16.6 Å². The van der Waals surface area contributed by atoms with E-state index in [9.17, 15) is 13.2 Å². The Kier molecular flexibility index (Phi) is 7.20. The molecule has 0 saturated heterocycles. The molecule has 0 spiro atoms. The summed E-state index contributed by atoms with van der Waals surface area (Å²) >= 11 is 3.09. The van der Waals surface area contributed by atoms with Gasteiger partial charge in [-0.3, -0.25) is 4.79 Å². The summed E-state index contributed by atoms with van der Waals surface area (Å²) in [4.78, 5) is 15.7. The predicted octanol–water partition coefficient (Wildman–Crippen LogP) is 3.32. The third kappa shape index (κ3) is 5.74. The molecule has 0 aliphatic rings. The van der Waals surface area contributed by atoms with Crippen LogP contribution < -0.4 is 10.0 Å². The molecule has 1 atom stereocenters. The first-order chi connectivity index (χ1) is 13.9. The number of carbonyl (C=O) groups excluding carboxylic acids is 1. The number of sulfonamides is 1. The second-order valence-electron chi connectivity index (χ2n) is 6.68. The van der Waals surface area contributed by atoms with E-state index in [1.807, 2.05) is 48.0 Å². The number of carbonyl (C=O) groups is 1. The van der Waals surface area contributed by atoms with Gasteiger partial charge in [-0.2, -0.15) is 11.3 Å². The van der Waals surface area contributed by atoms with E-state index in [1.165, 1.54) is 23.5 Å². The minimum Gasteiger partial charge on any atom is -0.350 e. The van der Waals surface area contributed by atoms with Crippen LogP contribution in [0.4, 0.5) is 0 Å². The molecule has 154 valence electrons. The zero-order chi connectivity index (χ0) is 20.9. The lowest BCUT2D eigenvalue weighted by molar-refractivity contribution is 0.0941. The SMILES string of the molecule is CN(C)[C@@H](CNC(=O)c1cccc(S(=O)(=O)NCc2cccs2)c1)c1ccsc1.